The summed E-state index contributed by atoms with van der Waals surface area (Å²) in [6.45, 7) is -0.449. The minimum absolute atomic E-state index is 0.449. The van der Waals surface area contributed by atoms with E-state index < -0.39 is 43.6 Å². The van der Waals surface area contributed by atoms with Crippen molar-refractivity contribution in [2.45, 2.75) is 24.6 Å². The third kappa shape index (κ3) is 1.87. The molecule has 3 N–H and O–H groups in total. The molecule has 0 spiro atoms. The molecule has 1 aliphatic rings. The molecule has 0 bridgehead atoms. The molecule has 4 atom stereocenters. The van der Waals surface area contributed by atoms with Crippen LogP contribution in [0.3, 0.4) is 0 Å². The van der Waals surface area contributed by atoms with Crippen LogP contribution in [0.25, 0.3) is 0 Å². The fourth-order valence-corrected chi connectivity index (χ4v) is 1.31. The smallest absolute Gasteiger partial charge is 0.208 e. The standard InChI is InChI=1S/C5H9FO5S/c6-12-11-4-3(8)2(1-7)10-5(4)9/h2-5,7-9H,1H2/t2-,3-,4+,5?/m1/s1. The second-order valence-electron chi connectivity index (χ2n) is 2.36. The first-order valence-electron chi connectivity index (χ1n) is 3.27. The van der Waals surface area contributed by atoms with Gasteiger partial charge in [0, 0.05) is 0 Å². The van der Waals surface area contributed by atoms with Gasteiger partial charge in [-0.25, -0.2) is 0 Å². The van der Waals surface area contributed by atoms with Crippen LogP contribution >= 0.6 is 12.4 Å². The molecule has 7 heteroatoms. The average Bonchev–Trinajstić information content (AvgIpc) is 2.32. The van der Waals surface area contributed by atoms with E-state index in [0.717, 1.165) is 0 Å². The highest BCUT2D eigenvalue weighted by Gasteiger charge is 2.44. The second kappa shape index (κ2) is 4.35. The van der Waals surface area contributed by atoms with Crippen LogP contribution in [0.5, 0.6) is 0 Å². The van der Waals surface area contributed by atoms with Crippen molar-refractivity contribution in [3.8, 4) is 0 Å². The number of hydrogen-bond donors (Lipinski definition) is 3. The van der Waals surface area contributed by atoms with E-state index in [2.05, 4.69) is 8.92 Å². The van der Waals surface area contributed by atoms with Gasteiger partial charge in [0.2, 0.25) is 12.4 Å². The topological polar surface area (TPSA) is 79.2 Å². The minimum atomic E-state index is -1.40. The molecule has 12 heavy (non-hydrogen) atoms. The molecule has 0 amide bonds. The van der Waals surface area contributed by atoms with Crippen LogP contribution in [0.2, 0.25) is 0 Å². The summed E-state index contributed by atoms with van der Waals surface area (Å²) in [5.74, 6) is 0. The normalized spacial score (nSPS) is 42.0. The van der Waals surface area contributed by atoms with Crippen molar-refractivity contribution in [2.24, 2.45) is 0 Å². The first kappa shape index (κ1) is 10.2. The van der Waals surface area contributed by atoms with Crippen LogP contribution in [0, 0.1) is 0 Å². The van der Waals surface area contributed by atoms with Gasteiger partial charge in [-0.2, -0.15) is 0 Å². The van der Waals surface area contributed by atoms with Crippen molar-refractivity contribution in [3.63, 3.8) is 0 Å². The van der Waals surface area contributed by atoms with Gasteiger partial charge in [-0.05, 0) is 0 Å². The molecule has 1 unspecified atom stereocenters. The molecule has 1 rings (SSSR count). The SMILES string of the molecule is OC[C@H]1OC(O)[C@@H](OSF)[C@@H]1O. The van der Waals surface area contributed by atoms with E-state index in [4.69, 9.17) is 10.2 Å². The Kier molecular flexibility index (Phi) is 3.69. The summed E-state index contributed by atoms with van der Waals surface area (Å²) in [7, 11) is 0. The van der Waals surface area contributed by atoms with Crippen LogP contribution in [0.1, 0.15) is 0 Å². The summed E-state index contributed by atoms with van der Waals surface area (Å²) in [4.78, 5) is 0. The molecule has 1 saturated heterocycles. The van der Waals surface area contributed by atoms with Crippen molar-refractivity contribution < 1.29 is 28.1 Å². The van der Waals surface area contributed by atoms with Crippen molar-refractivity contribution >= 4 is 12.4 Å². The third-order valence-electron chi connectivity index (χ3n) is 1.64. The minimum Gasteiger partial charge on any atom is -0.394 e. The van der Waals surface area contributed by atoms with Crippen molar-refractivity contribution in [2.75, 3.05) is 6.61 Å². The largest absolute Gasteiger partial charge is 0.394 e. The highest BCUT2D eigenvalue weighted by molar-refractivity contribution is 7.89. The average molecular weight is 200 g/mol. The van der Waals surface area contributed by atoms with Crippen molar-refractivity contribution in [1.29, 1.82) is 0 Å². The highest BCUT2D eigenvalue weighted by atomic mass is 32.2. The lowest BCUT2D eigenvalue weighted by molar-refractivity contribution is -0.126. The summed E-state index contributed by atoms with van der Waals surface area (Å²) >= 11 is -0.463. The highest BCUT2D eigenvalue weighted by Crippen LogP contribution is 2.25. The van der Waals surface area contributed by atoms with Gasteiger partial charge in [0.1, 0.15) is 12.2 Å². The van der Waals surface area contributed by atoms with E-state index in [9.17, 15) is 8.99 Å². The van der Waals surface area contributed by atoms with E-state index in [1.54, 1.807) is 0 Å². The molecule has 0 aromatic heterocycles. The Hall–Kier alpha value is 0.0800. The fourth-order valence-electron chi connectivity index (χ4n) is 1.01. The Morgan fingerprint density at radius 3 is 2.58 bits per heavy atom. The van der Waals surface area contributed by atoms with E-state index in [-0.39, 0.29) is 0 Å². The quantitative estimate of drug-likeness (QED) is 0.506. The van der Waals surface area contributed by atoms with Crippen molar-refractivity contribution in [3.05, 3.63) is 0 Å². The maximum atomic E-state index is 11.6. The lowest BCUT2D eigenvalue weighted by atomic mass is 10.1. The second-order valence-corrected chi connectivity index (χ2v) is 2.68. The zero-order chi connectivity index (χ0) is 9.14. The van der Waals surface area contributed by atoms with Gasteiger partial charge < -0.3 is 20.1 Å². The molecule has 0 saturated carbocycles. The lowest BCUT2D eigenvalue weighted by Crippen LogP contribution is -2.34. The Morgan fingerprint density at radius 1 is 1.50 bits per heavy atom. The number of aliphatic hydroxyl groups is 3. The predicted octanol–water partition coefficient (Wildman–Crippen LogP) is -1.03. The van der Waals surface area contributed by atoms with Gasteiger partial charge in [0.05, 0.1) is 6.61 Å². The zero-order valence-electron chi connectivity index (χ0n) is 5.96. The first-order chi connectivity index (χ1) is 5.70. The summed E-state index contributed by atoms with van der Waals surface area (Å²) in [6.07, 6.45) is -4.69. The molecule has 1 aliphatic heterocycles. The van der Waals surface area contributed by atoms with E-state index in [1.807, 2.05) is 0 Å². The van der Waals surface area contributed by atoms with E-state index in [1.165, 1.54) is 0 Å². The molecular formula is C5H9FO5S. The molecule has 0 aliphatic carbocycles. The number of ether oxygens (including phenoxy) is 1. The van der Waals surface area contributed by atoms with Gasteiger partial charge in [0.15, 0.2) is 12.4 Å². The summed E-state index contributed by atoms with van der Waals surface area (Å²) in [5, 5.41) is 26.8. The molecule has 0 aromatic rings. The fraction of sp³-hybridized carbons (Fsp3) is 1.00. The Morgan fingerprint density at radius 2 is 2.17 bits per heavy atom. The summed E-state index contributed by atoms with van der Waals surface area (Å²) < 4.78 is 20.5. The van der Waals surface area contributed by atoms with Gasteiger partial charge in [-0.15, -0.1) is 3.89 Å². The van der Waals surface area contributed by atoms with Gasteiger partial charge >= 0.3 is 0 Å². The molecule has 1 fully saturated rings. The van der Waals surface area contributed by atoms with Gasteiger partial charge in [-0.1, -0.05) is 0 Å². The molecule has 1 heterocycles. The van der Waals surface area contributed by atoms with Gasteiger partial charge in [0.25, 0.3) is 0 Å². The van der Waals surface area contributed by atoms with E-state index in [0.29, 0.717) is 0 Å². The third-order valence-corrected chi connectivity index (χ3v) is 1.94. The Balaban J connectivity index is 2.51. The summed E-state index contributed by atoms with van der Waals surface area (Å²) in [5.41, 5.74) is 0. The van der Waals surface area contributed by atoms with Crippen LogP contribution in [0.15, 0.2) is 0 Å². The van der Waals surface area contributed by atoms with Crippen LogP contribution < -0.4 is 0 Å². The number of rotatable bonds is 3. The van der Waals surface area contributed by atoms with Crippen LogP contribution in [-0.4, -0.2) is 46.5 Å². The van der Waals surface area contributed by atoms with Crippen LogP contribution in [-0.2, 0) is 8.92 Å². The zero-order valence-corrected chi connectivity index (χ0v) is 6.78. The van der Waals surface area contributed by atoms with Crippen LogP contribution in [0.4, 0.5) is 3.89 Å². The predicted molar refractivity (Wildman–Crippen MR) is 37.5 cm³/mol. The lowest BCUT2D eigenvalue weighted by Gasteiger charge is -2.13. The first-order valence-corrected chi connectivity index (χ1v) is 3.91. The Labute approximate surface area is 72.6 Å². The van der Waals surface area contributed by atoms with Crippen molar-refractivity contribution in [1.82, 2.24) is 0 Å². The number of halogens is 1. The number of aliphatic hydroxyl groups excluding tert-OH is 3. The molecule has 5 nitrogen and oxygen atoms in total. The molecule has 0 radical (unpaired) electrons. The monoisotopic (exact) mass is 200 g/mol. The van der Waals surface area contributed by atoms with E-state index >= 15 is 0 Å². The molecule has 72 valence electrons. The summed E-state index contributed by atoms with van der Waals surface area (Å²) in [6, 6.07) is 0. The molecular weight excluding hydrogens is 191 g/mol. The maximum Gasteiger partial charge on any atom is 0.208 e. The Bertz CT molecular complexity index is 148. The number of hydrogen-bond acceptors (Lipinski definition) is 6. The molecule has 0 aromatic carbocycles. The maximum absolute atomic E-state index is 11.6. The van der Waals surface area contributed by atoms with Gasteiger partial charge in [-0.3, -0.25) is 4.18 Å².